The molecule has 0 fully saturated rings. The Balaban J connectivity index is 1.58. The topological polar surface area (TPSA) is 93.1 Å². The quantitative estimate of drug-likeness (QED) is 0.818. The van der Waals surface area contributed by atoms with Crippen LogP contribution in [0.3, 0.4) is 0 Å². The number of hydrogen-bond acceptors (Lipinski definition) is 4. The molecule has 8 heteroatoms. The molecule has 150 valence electrons. The second kappa shape index (κ2) is 6.92. The van der Waals surface area contributed by atoms with Crippen molar-refractivity contribution >= 4 is 21.7 Å². The van der Waals surface area contributed by atoms with Gasteiger partial charge in [0.1, 0.15) is 0 Å². The van der Waals surface area contributed by atoms with Crippen molar-refractivity contribution in [1.82, 2.24) is 14.5 Å². The van der Waals surface area contributed by atoms with Gasteiger partial charge in [0.15, 0.2) is 5.03 Å². The third kappa shape index (κ3) is 3.30. The molecule has 0 spiro atoms. The van der Waals surface area contributed by atoms with Gasteiger partial charge in [0.2, 0.25) is 0 Å². The van der Waals surface area contributed by atoms with Gasteiger partial charge in [-0.05, 0) is 80.2 Å². The van der Waals surface area contributed by atoms with Crippen LogP contribution in [0.15, 0.2) is 23.4 Å². The largest absolute Gasteiger partial charge is 0.333 e. The molecule has 4 rings (SSSR count). The van der Waals surface area contributed by atoms with Gasteiger partial charge in [0, 0.05) is 17.9 Å². The molecule has 2 N–H and O–H groups in total. The standard InChI is InChI=1S/C20H26N4O3S/c1-12(2)24-10-9-18(22-24)28(26,27)23-20(25)21-19-15-6-4-5-14(15)11-17-13(3)7-8-16(17)19/h9-13H,4-8H2,1-3H3,(H2,21,23,25). The number of aromatic nitrogens is 2. The fourth-order valence-corrected chi connectivity index (χ4v) is 5.10. The summed E-state index contributed by atoms with van der Waals surface area (Å²) in [6, 6.07) is 2.98. The number of amides is 2. The van der Waals surface area contributed by atoms with E-state index < -0.39 is 16.1 Å². The van der Waals surface area contributed by atoms with Crippen LogP contribution in [-0.2, 0) is 29.3 Å². The molecule has 0 radical (unpaired) electrons. The summed E-state index contributed by atoms with van der Waals surface area (Å²) < 4.78 is 28.7. The van der Waals surface area contributed by atoms with E-state index in [9.17, 15) is 13.2 Å². The highest BCUT2D eigenvalue weighted by atomic mass is 32.2. The SMILES string of the molecule is CC1CCc2c1cc1c(c2NC(=O)NS(=O)(=O)c2ccn(C(C)C)n2)CCC1. The third-order valence-electron chi connectivity index (χ3n) is 5.75. The summed E-state index contributed by atoms with van der Waals surface area (Å²) in [5.74, 6) is 0.466. The number of hydrogen-bond donors (Lipinski definition) is 2. The van der Waals surface area contributed by atoms with E-state index in [1.165, 1.54) is 17.2 Å². The maximum absolute atomic E-state index is 12.6. The Morgan fingerprint density at radius 2 is 2.04 bits per heavy atom. The van der Waals surface area contributed by atoms with Gasteiger partial charge < -0.3 is 5.32 Å². The number of nitrogens with zero attached hydrogens (tertiary/aromatic N) is 2. The molecule has 2 aromatic rings. The number of anilines is 1. The summed E-state index contributed by atoms with van der Waals surface area (Å²) in [7, 11) is -4.03. The van der Waals surface area contributed by atoms with Crippen molar-refractivity contribution in [2.75, 3.05) is 5.32 Å². The highest BCUT2D eigenvalue weighted by molar-refractivity contribution is 7.90. The Labute approximate surface area is 165 Å². The molecule has 1 aromatic carbocycles. The zero-order valence-electron chi connectivity index (χ0n) is 16.4. The molecule has 2 aliphatic carbocycles. The van der Waals surface area contributed by atoms with Gasteiger partial charge in [0.05, 0.1) is 0 Å². The molecule has 1 heterocycles. The van der Waals surface area contributed by atoms with E-state index in [0.29, 0.717) is 5.92 Å². The summed E-state index contributed by atoms with van der Waals surface area (Å²) in [6.07, 6.45) is 6.54. The molecule has 1 aromatic heterocycles. The number of benzene rings is 1. The lowest BCUT2D eigenvalue weighted by Gasteiger charge is -2.17. The highest BCUT2D eigenvalue weighted by Crippen LogP contribution is 2.43. The fourth-order valence-electron chi connectivity index (χ4n) is 4.25. The fraction of sp³-hybridized carbons (Fsp3) is 0.500. The first-order chi connectivity index (χ1) is 13.3. The number of nitrogens with one attached hydrogen (secondary N) is 2. The summed E-state index contributed by atoms with van der Waals surface area (Å²) in [4.78, 5) is 12.6. The van der Waals surface area contributed by atoms with Crippen LogP contribution >= 0.6 is 0 Å². The Morgan fingerprint density at radius 3 is 2.75 bits per heavy atom. The highest BCUT2D eigenvalue weighted by Gasteiger charge is 2.29. The van der Waals surface area contributed by atoms with Crippen LogP contribution in [0.1, 0.15) is 67.8 Å². The Morgan fingerprint density at radius 1 is 1.25 bits per heavy atom. The van der Waals surface area contributed by atoms with Gasteiger partial charge in [-0.15, -0.1) is 0 Å². The number of rotatable bonds is 4. The van der Waals surface area contributed by atoms with E-state index in [-0.39, 0.29) is 11.1 Å². The third-order valence-corrected chi connectivity index (χ3v) is 6.98. The van der Waals surface area contributed by atoms with E-state index in [0.717, 1.165) is 48.9 Å². The molecule has 1 atom stereocenters. The minimum absolute atomic E-state index is 0.0364. The van der Waals surface area contributed by atoms with Crippen LogP contribution in [-0.4, -0.2) is 24.2 Å². The predicted molar refractivity (Wildman–Crippen MR) is 107 cm³/mol. The van der Waals surface area contributed by atoms with E-state index in [4.69, 9.17) is 0 Å². The summed E-state index contributed by atoms with van der Waals surface area (Å²) in [5.41, 5.74) is 5.69. The first-order valence-electron chi connectivity index (χ1n) is 9.82. The molecule has 2 aliphatic rings. The molecule has 0 saturated carbocycles. The van der Waals surface area contributed by atoms with Crippen LogP contribution < -0.4 is 10.0 Å². The first-order valence-corrected chi connectivity index (χ1v) is 11.3. The maximum Gasteiger partial charge on any atom is 0.333 e. The molecule has 28 heavy (non-hydrogen) atoms. The van der Waals surface area contributed by atoms with Gasteiger partial charge >= 0.3 is 6.03 Å². The van der Waals surface area contributed by atoms with Crippen molar-refractivity contribution in [2.45, 2.75) is 69.9 Å². The van der Waals surface area contributed by atoms with E-state index in [1.54, 1.807) is 10.9 Å². The van der Waals surface area contributed by atoms with Crippen LogP contribution in [0.5, 0.6) is 0 Å². The number of urea groups is 1. The monoisotopic (exact) mass is 402 g/mol. The van der Waals surface area contributed by atoms with E-state index in [1.807, 2.05) is 13.8 Å². The van der Waals surface area contributed by atoms with Crippen molar-refractivity contribution in [3.05, 3.63) is 40.6 Å². The molecule has 7 nitrogen and oxygen atoms in total. The van der Waals surface area contributed by atoms with Gasteiger partial charge in [-0.2, -0.15) is 13.5 Å². The molecule has 0 bridgehead atoms. The second-order valence-electron chi connectivity index (χ2n) is 8.04. The number of aryl methyl sites for hydroxylation is 1. The normalized spacial score (nSPS) is 18.2. The number of carbonyl (C=O) groups excluding carboxylic acids is 1. The van der Waals surface area contributed by atoms with Gasteiger partial charge in [-0.25, -0.2) is 9.52 Å². The van der Waals surface area contributed by atoms with Gasteiger partial charge in [0.25, 0.3) is 10.0 Å². The number of fused-ring (bicyclic) bond motifs is 2. The smallest absolute Gasteiger partial charge is 0.307 e. The average molecular weight is 403 g/mol. The van der Waals surface area contributed by atoms with Crippen LogP contribution in [0.2, 0.25) is 0 Å². The van der Waals surface area contributed by atoms with Crippen molar-refractivity contribution in [2.24, 2.45) is 0 Å². The minimum Gasteiger partial charge on any atom is -0.307 e. The molecular weight excluding hydrogens is 376 g/mol. The lowest BCUT2D eigenvalue weighted by Crippen LogP contribution is -2.35. The molecule has 1 unspecified atom stereocenters. The molecule has 2 amide bonds. The van der Waals surface area contributed by atoms with Crippen molar-refractivity contribution < 1.29 is 13.2 Å². The lowest BCUT2D eigenvalue weighted by atomic mass is 9.96. The van der Waals surface area contributed by atoms with Crippen LogP contribution in [0.4, 0.5) is 10.5 Å². The zero-order valence-corrected chi connectivity index (χ0v) is 17.3. The Kier molecular flexibility index (Phi) is 4.69. The maximum atomic E-state index is 12.6. The second-order valence-corrected chi connectivity index (χ2v) is 9.67. The Hall–Kier alpha value is -2.35. The van der Waals surface area contributed by atoms with Crippen molar-refractivity contribution in [3.8, 4) is 0 Å². The van der Waals surface area contributed by atoms with E-state index in [2.05, 4.69) is 28.1 Å². The number of sulfonamides is 1. The van der Waals surface area contributed by atoms with Crippen molar-refractivity contribution in [3.63, 3.8) is 0 Å². The zero-order chi connectivity index (χ0) is 20.1. The summed E-state index contributed by atoms with van der Waals surface area (Å²) >= 11 is 0. The Bertz CT molecular complexity index is 1040. The first kappa shape index (κ1) is 19.0. The van der Waals surface area contributed by atoms with Crippen molar-refractivity contribution in [1.29, 1.82) is 0 Å². The van der Waals surface area contributed by atoms with Gasteiger partial charge in [-0.3, -0.25) is 4.68 Å². The van der Waals surface area contributed by atoms with Gasteiger partial charge in [-0.1, -0.05) is 13.0 Å². The average Bonchev–Trinajstić information content (AvgIpc) is 3.34. The summed E-state index contributed by atoms with van der Waals surface area (Å²) in [5, 5.41) is 6.75. The van der Waals surface area contributed by atoms with Crippen LogP contribution in [0, 0.1) is 0 Å². The molecule has 0 aliphatic heterocycles. The van der Waals surface area contributed by atoms with Crippen LogP contribution in [0.25, 0.3) is 0 Å². The molecular formula is C20H26N4O3S. The van der Waals surface area contributed by atoms with E-state index >= 15 is 0 Å². The lowest BCUT2D eigenvalue weighted by molar-refractivity contribution is 0.256. The molecule has 0 saturated heterocycles. The minimum atomic E-state index is -4.03. The predicted octanol–water partition coefficient (Wildman–Crippen LogP) is 3.51. The summed E-state index contributed by atoms with van der Waals surface area (Å²) in [6.45, 7) is 6.01. The number of carbonyl (C=O) groups is 1.